The van der Waals surface area contributed by atoms with Crippen molar-refractivity contribution >= 4 is 21.6 Å². The molecule has 0 saturated heterocycles. The van der Waals surface area contributed by atoms with Crippen molar-refractivity contribution < 1.29 is 17.9 Å². The fourth-order valence-electron chi connectivity index (χ4n) is 3.67. The molecule has 0 heterocycles. The van der Waals surface area contributed by atoms with Crippen LogP contribution in [0.15, 0.2) is 41.3 Å². The maximum Gasteiger partial charge on any atom is 0.243 e. The number of sulfonamides is 1. The zero-order valence-electron chi connectivity index (χ0n) is 21.4. The normalized spacial score (nSPS) is 11.7. The van der Waals surface area contributed by atoms with E-state index in [9.17, 15) is 13.2 Å². The zero-order valence-corrected chi connectivity index (χ0v) is 22.2. The monoisotopic (exact) mass is 490 g/mol. The van der Waals surface area contributed by atoms with Gasteiger partial charge in [0.05, 0.1) is 12.0 Å². The number of aryl methyl sites for hydroxylation is 2. The van der Waals surface area contributed by atoms with Gasteiger partial charge in [0.25, 0.3) is 0 Å². The Kier molecular flexibility index (Phi) is 9.90. The summed E-state index contributed by atoms with van der Waals surface area (Å²) >= 11 is 0. The maximum absolute atomic E-state index is 13.1. The molecule has 0 aliphatic carbocycles. The second kappa shape index (κ2) is 12.2. The van der Waals surface area contributed by atoms with Gasteiger partial charge in [-0.3, -0.25) is 4.79 Å². The summed E-state index contributed by atoms with van der Waals surface area (Å²) in [7, 11) is 5.13. The van der Waals surface area contributed by atoms with E-state index < -0.39 is 10.0 Å². The van der Waals surface area contributed by atoms with Crippen molar-refractivity contribution in [3.05, 3.63) is 53.1 Å². The van der Waals surface area contributed by atoms with E-state index in [1.54, 1.807) is 45.0 Å². The van der Waals surface area contributed by atoms with Crippen LogP contribution >= 0.6 is 0 Å². The molecule has 1 N–H and O–H groups in total. The molecular formula is C25H38N4O4S. The number of hydrogen-bond donors (Lipinski definition) is 1. The van der Waals surface area contributed by atoms with Gasteiger partial charge in [0.2, 0.25) is 15.9 Å². The quantitative estimate of drug-likeness (QED) is 0.493. The summed E-state index contributed by atoms with van der Waals surface area (Å²) in [5, 5.41) is 3.36. The highest BCUT2D eigenvalue weighted by atomic mass is 32.2. The number of nitrogens with one attached hydrogen (secondary N) is 1. The Morgan fingerprint density at radius 1 is 0.971 bits per heavy atom. The van der Waals surface area contributed by atoms with Gasteiger partial charge in [-0.2, -0.15) is 0 Å². The highest BCUT2D eigenvalue weighted by Crippen LogP contribution is 2.27. The van der Waals surface area contributed by atoms with Gasteiger partial charge in [-0.05, 0) is 68.9 Å². The van der Waals surface area contributed by atoms with Crippen LogP contribution in [0.1, 0.15) is 23.1 Å². The third kappa shape index (κ3) is 7.44. The number of anilines is 1. The third-order valence-corrected chi connectivity index (χ3v) is 7.83. The van der Waals surface area contributed by atoms with E-state index in [1.165, 1.54) is 11.4 Å². The van der Waals surface area contributed by atoms with Crippen molar-refractivity contribution in [3.8, 4) is 5.75 Å². The first-order chi connectivity index (χ1) is 15.9. The molecule has 0 fully saturated rings. The molecule has 8 nitrogen and oxygen atoms in total. The third-order valence-electron chi connectivity index (χ3n) is 5.67. The summed E-state index contributed by atoms with van der Waals surface area (Å²) in [6.07, 6.45) is 0.102. The minimum Gasteiger partial charge on any atom is -0.497 e. The topological polar surface area (TPSA) is 82.2 Å². The summed E-state index contributed by atoms with van der Waals surface area (Å²) in [4.78, 5) is 16.7. The van der Waals surface area contributed by atoms with Crippen LogP contribution in [0.2, 0.25) is 0 Å². The largest absolute Gasteiger partial charge is 0.497 e. The molecule has 0 radical (unpaired) electrons. The van der Waals surface area contributed by atoms with Crippen molar-refractivity contribution in [2.75, 3.05) is 60.3 Å². The van der Waals surface area contributed by atoms with Crippen LogP contribution in [0.5, 0.6) is 5.75 Å². The lowest BCUT2D eigenvalue weighted by Crippen LogP contribution is -2.34. The number of amides is 1. The van der Waals surface area contributed by atoms with Gasteiger partial charge in [0.1, 0.15) is 5.75 Å². The molecule has 34 heavy (non-hydrogen) atoms. The van der Waals surface area contributed by atoms with Crippen molar-refractivity contribution in [1.82, 2.24) is 14.1 Å². The molecule has 2 rings (SSSR count). The van der Waals surface area contributed by atoms with Gasteiger partial charge in [0, 0.05) is 52.4 Å². The molecule has 0 atom stereocenters. The van der Waals surface area contributed by atoms with Gasteiger partial charge in [-0.1, -0.05) is 12.1 Å². The molecule has 0 aliphatic heterocycles. The standard InChI is InChI=1S/C25H38N4O4S/c1-19-16-23(33-7)17-20(2)25(19)34(31,32)29(6)14-12-24(30)28(5)18-21-8-10-22(11-9-21)26-13-15-27(3)4/h8-11,16-17,26H,12-15,18H2,1-7H3. The number of ether oxygens (including phenoxy) is 1. The zero-order chi connectivity index (χ0) is 25.5. The lowest BCUT2D eigenvalue weighted by Gasteiger charge is -2.22. The molecule has 0 spiro atoms. The second-order valence-electron chi connectivity index (χ2n) is 8.84. The summed E-state index contributed by atoms with van der Waals surface area (Å²) in [6.45, 7) is 5.86. The van der Waals surface area contributed by atoms with E-state index in [4.69, 9.17) is 4.74 Å². The van der Waals surface area contributed by atoms with Crippen LogP contribution in [0.3, 0.4) is 0 Å². The number of carbonyl (C=O) groups is 1. The van der Waals surface area contributed by atoms with Crippen LogP contribution < -0.4 is 10.1 Å². The first-order valence-electron chi connectivity index (χ1n) is 11.3. The number of likely N-dealkylation sites (N-methyl/N-ethyl adjacent to an activating group) is 1. The number of carbonyl (C=O) groups excluding carboxylic acids is 1. The molecule has 9 heteroatoms. The number of nitrogens with zero attached hydrogens (tertiary/aromatic N) is 3. The van der Waals surface area contributed by atoms with Crippen LogP contribution in [-0.2, 0) is 21.4 Å². The van der Waals surface area contributed by atoms with Crippen molar-refractivity contribution in [2.45, 2.75) is 31.7 Å². The molecule has 2 aromatic carbocycles. The van der Waals surface area contributed by atoms with Crippen molar-refractivity contribution in [1.29, 1.82) is 0 Å². The van der Waals surface area contributed by atoms with Gasteiger partial charge in [0.15, 0.2) is 0 Å². The average Bonchev–Trinajstić information content (AvgIpc) is 2.77. The van der Waals surface area contributed by atoms with Gasteiger partial charge in [-0.15, -0.1) is 0 Å². The highest BCUT2D eigenvalue weighted by Gasteiger charge is 2.26. The van der Waals surface area contributed by atoms with Crippen LogP contribution in [-0.4, -0.2) is 83.4 Å². The summed E-state index contributed by atoms with van der Waals surface area (Å²) in [6, 6.07) is 11.4. The van der Waals surface area contributed by atoms with Crippen molar-refractivity contribution in [3.63, 3.8) is 0 Å². The fraction of sp³-hybridized carbons (Fsp3) is 0.480. The Labute approximate surface area is 204 Å². The molecule has 0 aromatic heterocycles. The van der Waals surface area contributed by atoms with Crippen LogP contribution in [0.4, 0.5) is 5.69 Å². The first-order valence-corrected chi connectivity index (χ1v) is 12.7. The van der Waals surface area contributed by atoms with Crippen LogP contribution in [0, 0.1) is 13.8 Å². The second-order valence-corrected chi connectivity index (χ2v) is 10.8. The number of benzene rings is 2. The van der Waals surface area contributed by atoms with E-state index in [0.29, 0.717) is 23.4 Å². The summed E-state index contributed by atoms with van der Waals surface area (Å²) in [5.74, 6) is 0.504. The smallest absolute Gasteiger partial charge is 0.243 e. The average molecular weight is 491 g/mol. The van der Waals surface area contributed by atoms with E-state index in [0.717, 1.165) is 24.3 Å². The summed E-state index contributed by atoms with van der Waals surface area (Å²) in [5.41, 5.74) is 3.29. The van der Waals surface area contributed by atoms with Crippen molar-refractivity contribution in [2.24, 2.45) is 0 Å². The Balaban J connectivity index is 1.93. The fourth-order valence-corrected chi connectivity index (χ4v) is 5.24. The Hall–Kier alpha value is -2.62. The van der Waals surface area contributed by atoms with Gasteiger partial charge < -0.3 is 19.9 Å². The molecule has 0 unspecified atom stereocenters. The first kappa shape index (κ1) is 27.6. The van der Waals surface area contributed by atoms with Gasteiger partial charge in [-0.25, -0.2) is 12.7 Å². The molecular weight excluding hydrogens is 452 g/mol. The van der Waals surface area contributed by atoms with E-state index in [2.05, 4.69) is 10.2 Å². The Bertz CT molecular complexity index is 1050. The molecule has 2 aromatic rings. The highest BCUT2D eigenvalue weighted by molar-refractivity contribution is 7.89. The summed E-state index contributed by atoms with van der Waals surface area (Å²) < 4.78 is 32.8. The Morgan fingerprint density at radius 2 is 1.56 bits per heavy atom. The van der Waals surface area contributed by atoms with E-state index in [1.807, 2.05) is 38.4 Å². The lowest BCUT2D eigenvalue weighted by molar-refractivity contribution is -0.130. The predicted octanol–water partition coefficient (Wildman–Crippen LogP) is 2.95. The number of methoxy groups -OCH3 is 1. The molecule has 0 aliphatic rings. The SMILES string of the molecule is COc1cc(C)c(S(=O)(=O)N(C)CCC(=O)N(C)Cc2ccc(NCCN(C)C)cc2)c(C)c1. The minimum absolute atomic E-state index is 0.102. The molecule has 0 saturated carbocycles. The van der Waals surface area contributed by atoms with Gasteiger partial charge >= 0.3 is 0 Å². The molecule has 1 amide bonds. The molecule has 0 bridgehead atoms. The molecule has 188 valence electrons. The lowest BCUT2D eigenvalue weighted by atomic mass is 10.1. The maximum atomic E-state index is 13.1. The minimum atomic E-state index is -3.73. The van der Waals surface area contributed by atoms with E-state index >= 15 is 0 Å². The van der Waals surface area contributed by atoms with Crippen LogP contribution in [0.25, 0.3) is 0 Å². The Morgan fingerprint density at radius 3 is 2.09 bits per heavy atom. The predicted molar refractivity (Wildman–Crippen MR) is 137 cm³/mol. The number of hydrogen-bond acceptors (Lipinski definition) is 6. The number of rotatable bonds is 12. The van der Waals surface area contributed by atoms with E-state index in [-0.39, 0.29) is 23.8 Å².